The minimum atomic E-state index is 0.176. The largest absolute Gasteiger partial charge is 0.381 e. The van der Waals surface area contributed by atoms with Gasteiger partial charge in [0.15, 0.2) is 0 Å². The third-order valence-electron chi connectivity index (χ3n) is 3.54. The molecule has 1 aromatic heterocycles. The van der Waals surface area contributed by atoms with Crippen LogP contribution in [0.3, 0.4) is 0 Å². The summed E-state index contributed by atoms with van der Waals surface area (Å²) in [5, 5.41) is 0. The number of nitrogens with zero attached hydrogens (tertiary/aromatic N) is 1. The predicted octanol–water partition coefficient (Wildman–Crippen LogP) is 1.94. The molecule has 0 aliphatic carbocycles. The third-order valence-corrected chi connectivity index (χ3v) is 3.54. The molecule has 1 fully saturated rings. The Hall–Kier alpha value is -0.930. The van der Waals surface area contributed by atoms with Gasteiger partial charge in [-0.3, -0.25) is 4.98 Å². The quantitative estimate of drug-likeness (QED) is 0.866. The van der Waals surface area contributed by atoms with E-state index in [0.717, 1.165) is 38.2 Å². The molecule has 1 aromatic rings. The average Bonchev–Trinajstić information content (AvgIpc) is 2.40. The van der Waals surface area contributed by atoms with E-state index in [4.69, 9.17) is 10.5 Å². The molecule has 3 nitrogen and oxygen atoms in total. The highest BCUT2D eigenvalue weighted by Crippen LogP contribution is 2.18. The van der Waals surface area contributed by atoms with Crippen LogP contribution in [0.4, 0.5) is 0 Å². The van der Waals surface area contributed by atoms with Crippen molar-refractivity contribution in [2.45, 2.75) is 38.6 Å². The zero-order valence-electron chi connectivity index (χ0n) is 10.6. The van der Waals surface area contributed by atoms with Crippen molar-refractivity contribution < 1.29 is 4.74 Å². The van der Waals surface area contributed by atoms with Crippen molar-refractivity contribution in [2.75, 3.05) is 13.2 Å². The molecule has 1 aliphatic rings. The topological polar surface area (TPSA) is 48.1 Å². The summed E-state index contributed by atoms with van der Waals surface area (Å²) in [6.07, 6.45) is 6.18. The van der Waals surface area contributed by atoms with Crippen molar-refractivity contribution in [3.63, 3.8) is 0 Å². The smallest absolute Gasteiger partial charge is 0.0509 e. The molecule has 2 unspecified atom stereocenters. The molecule has 0 spiro atoms. The summed E-state index contributed by atoms with van der Waals surface area (Å²) in [5.74, 6) is 0.497. The lowest BCUT2D eigenvalue weighted by atomic mass is 9.91. The average molecular weight is 234 g/mol. The lowest BCUT2D eigenvalue weighted by Gasteiger charge is -2.27. The number of hydrogen-bond donors (Lipinski definition) is 1. The van der Waals surface area contributed by atoms with Gasteiger partial charge < -0.3 is 10.5 Å². The van der Waals surface area contributed by atoms with E-state index in [1.54, 1.807) is 0 Å². The monoisotopic (exact) mass is 234 g/mol. The van der Waals surface area contributed by atoms with Crippen LogP contribution in [-0.2, 0) is 17.6 Å². The van der Waals surface area contributed by atoms with Crippen LogP contribution in [0.25, 0.3) is 0 Å². The van der Waals surface area contributed by atoms with E-state index in [1.807, 2.05) is 6.20 Å². The molecule has 0 radical (unpaired) electrons. The molecule has 0 amide bonds. The van der Waals surface area contributed by atoms with Crippen LogP contribution in [0.2, 0.25) is 0 Å². The van der Waals surface area contributed by atoms with Crippen molar-refractivity contribution >= 4 is 0 Å². The molecule has 2 rings (SSSR count). The van der Waals surface area contributed by atoms with Gasteiger partial charge in [0.05, 0.1) is 6.61 Å². The number of hydrogen-bond acceptors (Lipinski definition) is 3. The van der Waals surface area contributed by atoms with Gasteiger partial charge in [0.25, 0.3) is 0 Å². The lowest BCUT2D eigenvalue weighted by Crippen LogP contribution is -2.37. The van der Waals surface area contributed by atoms with Gasteiger partial charge in [-0.1, -0.05) is 13.0 Å². The summed E-state index contributed by atoms with van der Waals surface area (Å²) >= 11 is 0. The molecular formula is C14H22N2O. The molecule has 17 heavy (non-hydrogen) atoms. The SMILES string of the molecule is CCc1ccc(CC(N)C2CCCOC2)nc1. The van der Waals surface area contributed by atoms with Crippen molar-refractivity contribution in [2.24, 2.45) is 11.7 Å². The summed E-state index contributed by atoms with van der Waals surface area (Å²) in [5.41, 5.74) is 8.61. The summed E-state index contributed by atoms with van der Waals surface area (Å²) in [6, 6.07) is 4.42. The lowest BCUT2D eigenvalue weighted by molar-refractivity contribution is 0.0449. The van der Waals surface area contributed by atoms with Crippen LogP contribution >= 0.6 is 0 Å². The molecule has 1 saturated heterocycles. The maximum atomic E-state index is 6.23. The zero-order chi connectivity index (χ0) is 12.1. The second kappa shape index (κ2) is 6.12. The molecule has 2 atom stereocenters. The third kappa shape index (κ3) is 3.51. The molecule has 3 heteroatoms. The van der Waals surface area contributed by atoms with Gasteiger partial charge in [-0.2, -0.15) is 0 Å². The van der Waals surface area contributed by atoms with E-state index < -0.39 is 0 Å². The van der Waals surface area contributed by atoms with E-state index in [1.165, 1.54) is 12.0 Å². The van der Waals surface area contributed by atoms with Crippen molar-refractivity contribution in [3.05, 3.63) is 29.6 Å². The first-order valence-corrected chi connectivity index (χ1v) is 6.56. The van der Waals surface area contributed by atoms with Crippen molar-refractivity contribution in [1.82, 2.24) is 4.98 Å². The normalized spacial score (nSPS) is 22.4. The molecule has 0 bridgehead atoms. The highest BCUT2D eigenvalue weighted by atomic mass is 16.5. The summed E-state index contributed by atoms with van der Waals surface area (Å²) < 4.78 is 5.48. The Morgan fingerprint density at radius 2 is 2.41 bits per heavy atom. The van der Waals surface area contributed by atoms with Gasteiger partial charge in [0.1, 0.15) is 0 Å². The minimum Gasteiger partial charge on any atom is -0.381 e. The van der Waals surface area contributed by atoms with Crippen LogP contribution < -0.4 is 5.73 Å². The molecule has 2 N–H and O–H groups in total. The van der Waals surface area contributed by atoms with Crippen LogP contribution in [-0.4, -0.2) is 24.2 Å². The van der Waals surface area contributed by atoms with Gasteiger partial charge in [-0.15, -0.1) is 0 Å². The number of ether oxygens (including phenoxy) is 1. The van der Waals surface area contributed by atoms with E-state index in [2.05, 4.69) is 24.0 Å². The maximum Gasteiger partial charge on any atom is 0.0509 e. The van der Waals surface area contributed by atoms with Gasteiger partial charge in [-0.25, -0.2) is 0 Å². The number of aromatic nitrogens is 1. The highest BCUT2D eigenvalue weighted by molar-refractivity contribution is 5.14. The molecule has 0 aromatic carbocycles. The van der Waals surface area contributed by atoms with E-state index >= 15 is 0 Å². The van der Waals surface area contributed by atoms with E-state index in [-0.39, 0.29) is 6.04 Å². The summed E-state index contributed by atoms with van der Waals surface area (Å²) in [6.45, 7) is 3.85. The Morgan fingerprint density at radius 3 is 3.00 bits per heavy atom. The first-order valence-electron chi connectivity index (χ1n) is 6.56. The number of rotatable bonds is 4. The van der Waals surface area contributed by atoms with Crippen LogP contribution in [0.5, 0.6) is 0 Å². The Kier molecular flexibility index (Phi) is 4.51. The van der Waals surface area contributed by atoms with E-state index in [0.29, 0.717) is 5.92 Å². The summed E-state index contributed by atoms with van der Waals surface area (Å²) in [4.78, 5) is 4.46. The fourth-order valence-electron chi connectivity index (χ4n) is 2.30. The standard InChI is InChI=1S/C14H22N2O/c1-2-11-5-6-13(16-9-11)8-14(15)12-4-3-7-17-10-12/h5-6,9,12,14H,2-4,7-8,10,15H2,1H3. The molecule has 2 heterocycles. The van der Waals surface area contributed by atoms with Gasteiger partial charge in [0, 0.05) is 31.0 Å². The maximum absolute atomic E-state index is 6.23. The highest BCUT2D eigenvalue weighted by Gasteiger charge is 2.21. The second-order valence-electron chi connectivity index (χ2n) is 4.86. The van der Waals surface area contributed by atoms with Crippen LogP contribution in [0.15, 0.2) is 18.3 Å². The summed E-state index contributed by atoms with van der Waals surface area (Å²) in [7, 11) is 0. The molecule has 94 valence electrons. The van der Waals surface area contributed by atoms with Gasteiger partial charge in [-0.05, 0) is 36.8 Å². The predicted molar refractivity (Wildman–Crippen MR) is 68.8 cm³/mol. The first kappa shape index (κ1) is 12.5. The Balaban J connectivity index is 1.89. The van der Waals surface area contributed by atoms with Crippen LogP contribution in [0, 0.1) is 5.92 Å². The first-order chi connectivity index (χ1) is 8.29. The van der Waals surface area contributed by atoms with Gasteiger partial charge >= 0.3 is 0 Å². The van der Waals surface area contributed by atoms with E-state index in [9.17, 15) is 0 Å². The number of aryl methyl sites for hydroxylation is 1. The minimum absolute atomic E-state index is 0.176. The Morgan fingerprint density at radius 1 is 1.53 bits per heavy atom. The Bertz CT molecular complexity index is 331. The fourth-order valence-corrected chi connectivity index (χ4v) is 2.30. The van der Waals surface area contributed by atoms with Crippen molar-refractivity contribution in [3.8, 4) is 0 Å². The van der Waals surface area contributed by atoms with Crippen molar-refractivity contribution in [1.29, 1.82) is 0 Å². The molecule has 1 aliphatic heterocycles. The zero-order valence-corrected chi connectivity index (χ0v) is 10.6. The van der Waals surface area contributed by atoms with Gasteiger partial charge in [0.2, 0.25) is 0 Å². The number of pyridine rings is 1. The second-order valence-corrected chi connectivity index (χ2v) is 4.86. The number of nitrogens with two attached hydrogens (primary N) is 1. The van der Waals surface area contributed by atoms with Crippen LogP contribution in [0.1, 0.15) is 31.0 Å². The molecular weight excluding hydrogens is 212 g/mol. The molecule has 0 saturated carbocycles. The fraction of sp³-hybridized carbons (Fsp3) is 0.643. The Labute approximate surface area is 103 Å².